The lowest BCUT2D eigenvalue weighted by molar-refractivity contribution is 0.463. The van der Waals surface area contributed by atoms with Crippen LogP contribution in [0.5, 0.6) is 11.6 Å². The van der Waals surface area contributed by atoms with E-state index in [0.29, 0.717) is 5.88 Å². The van der Waals surface area contributed by atoms with Crippen LogP contribution in [0.3, 0.4) is 0 Å². The maximum absolute atomic E-state index is 6.30. The average Bonchev–Trinajstić information content (AvgIpc) is 3.48. The van der Waals surface area contributed by atoms with Gasteiger partial charge in [0.05, 0.1) is 5.52 Å². The second-order valence-electron chi connectivity index (χ2n) is 11.1. The fraction of sp³-hybridized carbons (Fsp3) is 0.0256. The monoisotopic (exact) mass is 583 g/mol. The van der Waals surface area contributed by atoms with Gasteiger partial charge in [-0.2, -0.15) is 0 Å². The van der Waals surface area contributed by atoms with Crippen LogP contribution in [-0.4, -0.2) is 22.4 Å². The minimum absolute atomic E-state index is 0.575. The standard InChI is InChI=1S/C39H29N3OSi/c1-28-27-41-39-36-26-33(22-23-34(36)35-19-8-9-20-37(35)42(28)39)44(30-14-4-2-5-15-30,31-16-6-3-7-17-31)32-18-12-13-29(25-32)43-38-21-10-11-24-40-38/h2-27H,1H3. The maximum Gasteiger partial charge on any atom is 0.219 e. The number of nitrogens with zero attached hydrogens (tertiary/aromatic N) is 3. The molecule has 44 heavy (non-hydrogen) atoms. The number of fused-ring (bicyclic) bond motifs is 6. The third-order valence-electron chi connectivity index (χ3n) is 8.61. The number of para-hydroxylation sites is 1. The van der Waals surface area contributed by atoms with Crippen molar-refractivity contribution < 1.29 is 4.74 Å². The van der Waals surface area contributed by atoms with E-state index in [1.165, 1.54) is 37.0 Å². The number of imidazole rings is 1. The molecule has 0 atom stereocenters. The Hall–Kier alpha value is -5.52. The molecule has 0 spiro atoms. The van der Waals surface area contributed by atoms with Crippen molar-refractivity contribution in [2.75, 3.05) is 0 Å². The van der Waals surface area contributed by atoms with Crippen LogP contribution in [0.4, 0.5) is 0 Å². The highest BCUT2D eigenvalue weighted by atomic mass is 28.3. The van der Waals surface area contributed by atoms with Gasteiger partial charge in [-0.15, -0.1) is 0 Å². The third kappa shape index (κ3) is 4.13. The fourth-order valence-electron chi connectivity index (χ4n) is 6.72. The Bertz CT molecular complexity index is 2230. The van der Waals surface area contributed by atoms with Crippen LogP contribution < -0.4 is 25.5 Å². The van der Waals surface area contributed by atoms with Crippen LogP contribution in [0.2, 0.25) is 0 Å². The predicted molar refractivity (Wildman–Crippen MR) is 183 cm³/mol. The summed E-state index contributed by atoms with van der Waals surface area (Å²) in [6, 6.07) is 51.9. The molecule has 0 amide bonds. The molecule has 0 aliphatic rings. The molecule has 0 radical (unpaired) electrons. The molecular weight excluding hydrogens is 555 g/mol. The number of hydrogen-bond donors (Lipinski definition) is 0. The topological polar surface area (TPSA) is 39.4 Å². The fourth-order valence-corrected chi connectivity index (χ4v) is 11.5. The Labute approximate surface area is 256 Å². The van der Waals surface area contributed by atoms with Gasteiger partial charge in [0, 0.05) is 34.9 Å². The summed E-state index contributed by atoms with van der Waals surface area (Å²) < 4.78 is 8.59. The van der Waals surface area contributed by atoms with Crippen molar-refractivity contribution in [1.29, 1.82) is 0 Å². The normalized spacial score (nSPS) is 11.8. The van der Waals surface area contributed by atoms with E-state index in [9.17, 15) is 0 Å². The second-order valence-corrected chi connectivity index (χ2v) is 14.9. The lowest BCUT2D eigenvalue weighted by Crippen LogP contribution is -2.74. The summed E-state index contributed by atoms with van der Waals surface area (Å²) in [6.07, 6.45) is 3.73. The maximum atomic E-state index is 6.30. The highest BCUT2D eigenvalue weighted by Crippen LogP contribution is 2.30. The summed E-state index contributed by atoms with van der Waals surface area (Å²) in [5, 5.41) is 8.71. The van der Waals surface area contributed by atoms with Gasteiger partial charge in [-0.25, -0.2) is 9.97 Å². The first-order chi connectivity index (χ1) is 21.7. The lowest BCUT2D eigenvalue weighted by Gasteiger charge is -2.34. The number of aromatic nitrogens is 3. The van der Waals surface area contributed by atoms with Crippen LogP contribution in [0.25, 0.3) is 27.3 Å². The van der Waals surface area contributed by atoms with Crippen molar-refractivity contribution in [3.8, 4) is 11.6 Å². The lowest BCUT2D eigenvalue weighted by atomic mass is 10.1. The van der Waals surface area contributed by atoms with E-state index in [0.717, 1.165) is 22.5 Å². The minimum atomic E-state index is -2.85. The first kappa shape index (κ1) is 26.1. The largest absolute Gasteiger partial charge is 0.439 e. The van der Waals surface area contributed by atoms with E-state index < -0.39 is 8.07 Å². The van der Waals surface area contributed by atoms with Crippen LogP contribution in [0, 0.1) is 6.92 Å². The molecule has 0 saturated carbocycles. The molecule has 3 aromatic heterocycles. The summed E-state index contributed by atoms with van der Waals surface area (Å²) >= 11 is 0. The van der Waals surface area contributed by atoms with E-state index in [4.69, 9.17) is 9.72 Å². The van der Waals surface area contributed by atoms with E-state index in [1.807, 2.05) is 30.5 Å². The zero-order chi connectivity index (χ0) is 29.5. The van der Waals surface area contributed by atoms with Gasteiger partial charge < -0.3 is 4.74 Å². The van der Waals surface area contributed by atoms with Crippen LogP contribution in [-0.2, 0) is 0 Å². The number of aryl methyl sites for hydroxylation is 1. The van der Waals surface area contributed by atoms with Crippen LogP contribution in [0.15, 0.2) is 158 Å². The van der Waals surface area contributed by atoms with Gasteiger partial charge in [0.25, 0.3) is 0 Å². The Kier molecular flexibility index (Phi) is 6.32. The molecule has 3 heterocycles. The number of hydrogen-bond acceptors (Lipinski definition) is 3. The molecule has 8 aromatic rings. The third-order valence-corrected chi connectivity index (χ3v) is 13.4. The molecular formula is C39H29N3OSi. The van der Waals surface area contributed by atoms with Gasteiger partial charge in [-0.05, 0) is 57.3 Å². The molecule has 210 valence electrons. The van der Waals surface area contributed by atoms with Gasteiger partial charge >= 0.3 is 0 Å². The highest BCUT2D eigenvalue weighted by molar-refractivity contribution is 7.20. The molecule has 0 fully saturated rings. The van der Waals surface area contributed by atoms with E-state index in [2.05, 4.69) is 138 Å². The van der Waals surface area contributed by atoms with Gasteiger partial charge in [0.15, 0.2) is 8.07 Å². The summed E-state index contributed by atoms with van der Waals surface area (Å²) in [5.41, 5.74) is 3.28. The molecule has 8 rings (SSSR count). The summed E-state index contributed by atoms with van der Waals surface area (Å²) in [7, 11) is -2.85. The summed E-state index contributed by atoms with van der Waals surface area (Å²) in [5.74, 6) is 1.34. The van der Waals surface area contributed by atoms with Crippen LogP contribution >= 0.6 is 0 Å². The molecule has 5 heteroatoms. The first-order valence-corrected chi connectivity index (χ1v) is 16.8. The van der Waals surface area contributed by atoms with Crippen molar-refractivity contribution in [1.82, 2.24) is 14.4 Å². The zero-order valence-electron chi connectivity index (χ0n) is 24.3. The number of rotatable bonds is 6. The zero-order valence-corrected chi connectivity index (χ0v) is 25.3. The highest BCUT2D eigenvalue weighted by Gasteiger charge is 2.42. The van der Waals surface area contributed by atoms with Gasteiger partial charge in [-0.1, -0.05) is 115 Å². The SMILES string of the molecule is Cc1cnc2c3cc([Si](c4ccccc4)(c4ccccc4)c4cccc(Oc5ccccn5)c4)ccc3c3ccccc3n12. The molecule has 0 saturated heterocycles. The Morgan fingerprint density at radius 3 is 1.98 bits per heavy atom. The van der Waals surface area contributed by atoms with Gasteiger partial charge in [0.1, 0.15) is 11.4 Å². The molecule has 0 aliphatic heterocycles. The molecule has 0 N–H and O–H groups in total. The van der Waals surface area contributed by atoms with Crippen molar-refractivity contribution in [2.45, 2.75) is 6.92 Å². The van der Waals surface area contributed by atoms with Crippen molar-refractivity contribution in [3.63, 3.8) is 0 Å². The molecule has 4 nitrogen and oxygen atoms in total. The van der Waals surface area contributed by atoms with Crippen molar-refractivity contribution in [3.05, 3.63) is 164 Å². The molecule has 0 aliphatic carbocycles. The molecule has 5 aromatic carbocycles. The van der Waals surface area contributed by atoms with E-state index >= 15 is 0 Å². The number of pyridine rings is 2. The van der Waals surface area contributed by atoms with Crippen molar-refractivity contribution in [2.24, 2.45) is 0 Å². The number of benzene rings is 5. The Morgan fingerprint density at radius 1 is 0.545 bits per heavy atom. The van der Waals surface area contributed by atoms with E-state index in [-0.39, 0.29) is 0 Å². The second kappa shape index (κ2) is 10.6. The first-order valence-electron chi connectivity index (χ1n) is 14.8. The van der Waals surface area contributed by atoms with Crippen molar-refractivity contribution >= 4 is 56.1 Å². The molecule has 0 unspecified atom stereocenters. The minimum Gasteiger partial charge on any atom is -0.439 e. The van der Waals surface area contributed by atoms with E-state index in [1.54, 1.807) is 6.20 Å². The quantitative estimate of drug-likeness (QED) is 0.127. The average molecular weight is 584 g/mol. The predicted octanol–water partition coefficient (Wildman–Crippen LogP) is 6.51. The summed E-state index contributed by atoms with van der Waals surface area (Å²) in [4.78, 5) is 9.36. The van der Waals surface area contributed by atoms with Gasteiger partial charge in [0.2, 0.25) is 5.88 Å². The van der Waals surface area contributed by atoms with Gasteiger partial charge in [-0.3, -0.25) is 4.40 Å². The smallest absolute Gasteiger partial charge is 0.219 e. The van der Waals surface area contributed by atoms with Crippen LogP contribution in [0.1, 0.15) is 5.69 Å². The Morgan fingerprint density at radius 2 is 1.23 bits per heavy atom. The Balaban J connectivity index is 1.46. The number of ether oxygens (including phenoxy) is 1. The summed E-state index contributed by atoms with van der Waals surface area (Å²) in [6.45, 7) is 2.13. The molecule has 0 bridgehead atoms.